The van der Waals surface area contributed by atoms with Crippen molar-refractivity contribution in [3.8, 4) is 5.88 Å². The minimum Gasteiger partial charge on any atom is -0.493 e. The minimum atomic E-state index is -0.0863. The zero-order valence-corrected chi connectivity index (χ0v) is 14.9. The Morgan fingerprint density at radius 1 is 1.32 bits per heavy atom. The molecule has 1 aromatic rings. The topological polar surface area (TPSA) is 77.0 Å². The van der Waals surface area contributed by atoms with Crippen LogP contribution in [0.4, 0.5) is 0 Å². The number of fused-ring (bicyclic) bond motifs is 1. The van der Waals surface area contributed by atoms with E-state index in [0.717, 1.165) is 18.5 Å². The van der Waals surface area contributed by atoms with Crippen LogP contribution in [-0.2, 0) is 16.1 Å². The van der Waals surface area contributed by atoms with E-state index in [1.807, 2.05) is 11.0 Å². The molecule has 2 atom stereocenters. The van der Waals surface area contributed by atoms with Crippen LogP contribution in [0.15, 0.2) is 18.3 Å². The molecule has 2 fully saturated rings. The molecule has 3 heterocycles. The van der Waals surface area contributed by atoms with Gasteiger partial charge < -0.3 is 14.9 Å². The van der Waals surface area contributed by atoms with Crippen LogP contribution in [0.5, 0.6) is 5.88 Å². The average molecular weight is 346 g/mol. The fourth-order valence-electron chi connectivity index (χ4n) is 3.46. The van der Waals surface area contributed by atoms with Crippen molar-refractivity contribution in [2.24, 2.45) is 5.92 Å². The maximum Gasteiger partial charge on any atom is 0.242 e. The molecule has 2 aliphatic rings. The molecule has 2 aliphatic heterocycles. The van der Waals surface area contributed by atoms with E-state index in [4.69, 9.17) is 0 Å². The Hall–Kier alpha value is -2.15. The van der Waals surface area contributed by atoms with E-state index in [1.54, 1.807) is 17.2 Å². The third-order valence-electron chi connectivity index (χ3n) is 5.18. The van der Waals surface area contributed by atoms with E-state index in [-0.39, 0.29) is 30.4 Å². The van der Waals surface area contributed by atoms with E-state index in [1.165, 1.54) is 0 Å². The highest BCUT2D eigenvalue weighted by Crippen LogP contribution is 2.24. The molecule has 25 heavy (non-hydrogen) atoms. The fraction of sp³-hybridized carbons (Fsp3) is 0.611. The molecule has 0 spiro atoms. The molecule has 7 nitrogen and oxygen atoms in total. The summed E-state index contributed by atoms with van der Waals surface area (Å²) in [6.07, 6.45) is 3.03. The molecule has 3 rings (SSSR count). The third-order valence-corrected chi connectivity index (χ3v) is 5.18. The van der Waals surface area contributed by atoms with E-state index >= 15 is 0 Å². The predicted molar refractivity (Wildman–Crippen MR) is 92.5 cm³/mol. The van der Waals surface area contributed by atoms with Gasteiger partial charge in [-0.25, -0.2) is 4.98 Å². The minimum absolute atomic E-state index is 0.00203. The van der Waals surface area contributed by atoms with Crippen molar-refractivity contribution in [1.29, 1.82) is 0 Å². The van der Waals surface area contributed by atoms with Crippen LogP contribution in [-0.4, -0.2) is 68.9 Å². The summed E-state index contributed by atoms with van der Waals surface area (Å²) in [5.41, 5.74) is 0.984. The zero-order chi connectivity index (χ0) is 18.0. The van der Waals surface area contributed by atoms with Crippen molar-refractivity contribution >= 4 is 11.8 Å². The lowest BCUT2D eigenvalue weighted by Crippen LogP contribution is -2.66. The first kappa shape index (κ1) is 17.7. The second kappa shape index (κ2) is 7.39. The lowest BCUT2D eigenvalue weighted by atomic mass is 10.1. The van der Waals surface area contributed by atoms with Crippen LogP contribution >= 0.6 is 0 Å². The third kappa shape index (κ3) is 3.92. The number of aromatic nitrogens is 1. The standard InChI is InChI=1S/C18H26N4O3/c1-3-13(2)9-21-11-16-20(10-14-4-5-15(23)19-8-14)7-6-17(24)22(16)12-18(21)25/h4-5,8,13,16H,3,6-7,9-12H2,1-2H3,(H,19,23). The van der Waals surface area contributed by atoms with Gasteiger partial charge in [-0.2, -0.15) is 0 Å². The SMILES string of the molecule is CCC(C)CN1CC2N(Cc3ccc(O)nc3)CCC(=O)N2CC1=O. The first-order valence-electron chi connectivity index (χ1n) is 8.93. The number of piperazine rings is 1. The Labute approximate surface area is 148 Å². The summed E-state index contributed by atoms with van der Waals surface area (Å²) in [5.74, 6) is 0.548. The molecular weight excluding hydrogens is 320 g/mol. The van der Waals surface area contributed by atoms with Crippen LogP contribution in [0, 0.1) is 5.92 Å². The van der Waals surface area contributed by atoms with Gasteiger partial charge in [-0.1, -0.05) is 26.3 Å². The Morgan fingerprint density at radius 3 is 2.80 bits per heavy atom. The summed E-state index contributed by atoms with van der Waals surface area (Å²) in [5, 5.41) is 9.33. The molecule has 2 saturated heterocycles. The molecule has 2 unspecified atom stereocenters. The number of carbonyl (C=O) groups excluding carboxylic acids is 2. The van der Waals surface area contributed by atoms with Crippen molar-refractivity contribution in [2.75, 3.05) is 26.2 Å². The fourth-order valence-corrected chi connectivity index (χ4v) is 3.46. The van der Waals surface area contributed by atoms with E-state index in [9.17, 15) is 14.7 Å². The maximum atomic E-state index is 12.4. The van der Waals surface area contributed by atoms with Gasteiger partial charge >= 0.3 is 0 Å². The second-order valence-electron chi connectivity index (χ2n) is 7.06. The van der Waals surface area contributed by atoms with E-state index in [2.05, 4.69) is 23.7 Å². The maximum absolute atomic E-state index is 12.4. The van der Waals surface area contributed by atoms with Crippen LogP contribution in [0.25, 0.3) is 0 Å². The van der Waals surface area contributed by atoms with Crippen LogP contribution in [0.2, 0.25) is 0 Å². The second-order valence-corrected chi connectivity index (χ2v) is 7.06. The Kier molecular flexibility index (Phi) is 5.22. The smallest absolute Gasteiger partial charge is 0.242 e. The largest absolute Gasteiger partial charge is 0.493 e. The zero-order valence-electron chi connectivity index (χ0n) is 14.9. The average Bonchev–Trinajstić information content (AvgIpc) is 2.60. The van der Waals surface area contributed by atoms with Crippen molar-refractivity contribution in [1.82, 2.24) is 19.7 Å². The summed E-state index contributed by atoms with van der Waals surface area (Å²) in [6, 6.07) is 3.41. The molecule has 7 heteroatoms. The lowest BCUT2D eigenvalue weighted by Gasteiger charge is -2.49. The van der Waals surface area contributed by atoms with Gasteiger partial charge in [-0.05, 0) is 11.5 Å². The first-order chi connectivity index (χ1) is 12.0. The number of pyridine rings is 1. The summed E-state index contributed by atoms with van der Waals surface area (Å²) >= 11 is 0. The molecule has 2 amide bonds. The number of carbonyl (C=O) groups is 2. The summed E-state index contributed by atoms with van der Waals surface area (Å²) in [4.78, 5) is 34.5. The monoisotopic (exact) mass is 346 g/mol. The van der Waals surface area contributed by atoms with Crippen LogP contribution in [0.1, 0.15) is 32.3 Å². The van der Waals surface area contributed by atoms with Gasteiger partial charge in [0.1, 0.15) is 12.7 Å². The number of aromatic hydroxyl groups is 1. The highest BCUT2D eigenvalue weighted by molar-refractivity contribution is 5.87. The first-order valence-corrected chi connectivity index (χ1v) is 8.93. The number of hydrogen-bond donors (Lipinski definition) is 1. The quantitative estimate of drug-likeness (QED) is 0.862. The molecule has 136 valence electrons. The van der Waals surface area contributed by atoms with Gasteiger partial charge in [0.15, 0.2) is 0 Å². The van der Waals surface area contributed by atoms with E-state index in [0.29, 0.717) is 32.0 Å². The normalized spacial score (nSPS) is 22.9. The molecule has 0 aromatic carbocycles. The molecule has 0 bridgehead atoms. The van der Waals surface area contributed by atoms with Crippen LogP contribution in [0.3, 0.4) is 0 Å². The summed E-state index contributed by atoms with van der Waals surface area (Å²) in [7, 11) is 0. The van der Waals surface area contributed by atoms with Crippen molar-refractivity contribution < 1.29 is 14.7 Å². The van der Waals surface area contributed by atoms with Gasteiger partial charge in [0.05, 0.1) is 6.54 Å². The van der Waals surface area contributed by atoms with Gasteiger partial charge in [0.25, 0.3) is 0 Å². The highest BCUT2D eigenvalue weighted by Gasteiger charge is 2.41. The molecule has 0 aliphatic carbocycles. The van der Waals surface area contributed by atoms with Gasteiger partial charge in [0, 0.05) is 38.3 Å². The number of rotatable bonds is 5. The summed E-state index contributed by atoms with van der Waals surface area (Å²) in [6.45, 7) is 7.05. The highest BCUT2D eigenvalue weighted by atomic mass is 16.3. The molecular formula is C18H26N4O3. The van der Waals surface area contributed by atoms with Crippen LogP contribution < -0.4 is 0 Å². The molecule has 1 aromatic heterocycles. The van der Waals surface area contributed by atoms with Crippen molar-refractivity contribution in [2.45, 2.75) is 39.4 Å². The lowest BCUT2D eigenvalue weighted by molar-refractivity contribution is -0.162. The van der Waals surface area contributed by atoms with Crippen molar-refractivity contribution in [3.05, 3.63) is 23.9 Å². The molecule has 0 radical (unpaired) electrons. The summed E-state index contributed by atoms with van der Waals surface area (Å²) < 4.78 is 0. The van der Waals surface area contributed by atoms with Gasteiger partial charge in [-0.3, -0.25) is 14.5 Å². The van der Waals surface area contributed by atoms with Crippen molar-refractivity contribution in [3.63, 3.8) is 0 Å². The molecule has 1 N–H and O–H groups in total. The predicted octanol–water partition coefficient (Wildman–Crippen LogP) is 1.04. The Bertz CT molecular complexity index is 634. The van der Waals surface area contributed by atoms with Gasteiger partial charge in [-0.15, -0.1) is 0 Å². The Balaban J connectivity index is 1.74. The number of nitrogens with zero attached hydrogens (tertiary/aromatic N) is 4. The number of amides is 2. The van der Waals surface area contributed by atoms with E-state index < -0.39 is 0 Å². The van der Waals surface area contributed by atoms with Gasteiger partial charge in [0.2, 0.25) is 17.7 Å². The Morgan fingerprint density at radius 2 is 2.12 bits per heavy atom. The number of hydrogen-bond acceptors (Lipinski definition) is 5. The molecule has 0 saturated carbocycles.